The Balaban J connectivity index is 1.61. The smallest absolute Gasteiger partial charge is 0.345 e. The Morgan fingerprint density at radius 1 is 1.33 bits per heavy atom. The highest BCUT2D eigenvalue weighted by Crippen LogP contribution is 2.68. The summed E-state index contributed by atoms with van der Waals surface area (Å²) in [6, 6.07) is 5.31. The van der Waals surface area contributed by atoms with Crippen molar-refractivity contribution in [1.82, 2.24) is 4.98 Å². The lowest BCUT2D eigenvalue weighted by Gasteiger charge is -2.66. The Morgan fingerprint density at radius 2 is 2.08 bits per heavy atom. The Kier molecular flexibility index (Phi) is 6.30. The number of nitrogens with zero attached hydrogens (tertiary/aromatic N) is 1. The quantitative estimate of drug-likeness (QED) is 0.286. The number of ether oxygens (including phenoxy) is 2. The van der Waals surface area contributed by atoms with E-state index >= 15 is 0 Å². The van der Waals surface area contributed by atoms with E-state index in [9.17, 15) is 14.7 Å². The summed E-state index contributed by atoms with van der Waals surface area (Å²) < 4.78 is 18.1. The maximum Gasteiger partial charge on any atom is 0.345 e. The molecule has 36 heavy (non-hydrogen) atoms. The molecule has 2 saturated carbocycles. The summed E-state index contributed by atoms with van der Waals surface area (Å²) in [6.07, 6.45) is 4.96. The number of hydrogen-bond acceptors (Lipinski definition) is 7. The van der Waals surface area contributed by atoms with E-state index in [4.69, 9.17) is 13.9 Å². The first kappa shape index (κ1) is 25.7. The molecule has 2 aromatic heterocycles. The molecule has 1 N–H and O–H groups in total. The van der Waals surface area contributed by atoms with Gasteiger partial charge in [-0.15, -0.1) is 0 Å². The largest absolute Gasteiger partial charge is 0.485 e. The van der Waals surface area contributed by atoms with Gasteiger partial charge in [-0.2, -0.15) is 0 Å². The zero-order chi connectivity index (χ0) is 26.0. The van der Waals surface area contributed by atoms with Crippen molar-refractivity contribution in [2.45, 2.75) is 69.5 Å². The average Bonchev–Trinajstić information content (AvgIpc) is 2.82. The number of aromatic nitrogens is 1. The summed E-state index contributed by atoms with van der Waals surface area (Å²) in [5.74, 6) is 0.672. The van der Waals surface area contributed by atoms with Crippen molar-refractivity contribution in [2.24, 2.45) is 28.6 Å². The molecule has 2 fully saturated rings. The molecule has 2 aliphatic carbocycles. The van der Waals surface area contributed by atoms with E-state index in [0.29, 0.717) is 29.6 Å². The molecule has 5 rings (SSSR count). The summed E-state index contributed by atoms with van der Waals surface area (Å²) in [7, 11) is 0. The first-order chi connectivity index (χ1) is 16.9. The minimum Gasteiger partial charge on any atom is -0.485 e. The van der Waals surface area contributed by atoms with E-state index in [1.807, 2.05) is 6.07 Å². The predicted molar refractivity (Wildman–Crippen MR) is 143 cm³/mol. The van der Waals surface area contributed by atoms with Gasteiger partial charge in [-0.3, -0.25) is 9.78 Å². The third kappa shape index (κ3) is 3.73. The van der Waals surface area contributed by atoms with Gasteiger partial charge in [0.2, 0.25) is 0 Å². The first-order valence-electron chi connectivity index (χ1n) is 12.6. The molecule has 8 atom stereocenters. The van der Waals surface area contributed by atoms with E-state index in [2.05, 4.69) is 55.3 Å². The van der Waals surface area contributed by atoms with Gasteiger partial charge in [0.1, 0.15) is 22.7 Å². The lowest BCUT2D eigenvalue weighted by molar-refractivity contribution is -0.218. The van der Waals surface area contributed by atoms with Crippen LogP contribution in [0, 0.1) is 28.6 Å². The molecule has 7 nitrogen and oxygen atoms in total. The van der Waals surface area contributed by atoms with Gasteiger partial charge in [0.15, 0.2) is 0 Å². The number of hydrogen-bond donors (Lipinski definition) is 1. The maximum atomic E-state index is 13.3. The van der Waals surface area contributed by atoms with E-state index in [1.165, 1.54) is 6.92 Å². The van der Waals surface area contributed by atoms with Crippen LogP contribution in [0.1, 0.15) is 65.5 Å². The second-order valence-electron chi connectivity index (χ2n) is 11.6. The van der Waals surface area contributed by atoms with Crippen LogP contribution in [0.4, 0.5) is 0 Å². The molecule has 0 saturated heterocycles. The molecule has 3 aliphatic rings. The second kappa shape index (κ2) is 8.82. The summed E-state index contributed by atoms with van der Waals surface area (Å²) in [5, 5.41) is 11.9. The fourth-order valence-corrected chi connectivity index (χ4v) is 8.54. The number of halogens is 1. The van der Waals surface area contributed by atoms with Gasteiger partial charge in [-0.25, -0.2) is 4.79 Å². The van der Waals surface area contributed by atoms with Crippen molar-refractivity contribution < 1.29 is 23.8 Å². The third-order valence-corrected chi connectivity index (χ3v) is 11.4. The molecule has 8 heteroatoms. The molecule has 2 unspecified atom stereocenters. The Morgan fingerprint density at radius 3 is 2.75 bits per heavy atom. The number of rotatable bonds is 3. The van der Waals surface area contributed by atoms with E-state index in [0.717, 1.165) is 19.3 Å². The van der Waals surface area contributed by atoms with Gasteiger partial charge in [0.25, 0.3) is 0 Å². The van der Waals surface area contributed by atoms with Gasteiger partial charge in [0.05, 0.1) is 16.6 Å². The molecule has 0 radical (unpaired) electrons. The van der Waals surface area contributed by atoms with Gasteiger partial charge < -0.3 is 19.0 Å². The minimum absolute atomic E-state index is 0.0667. The van der Waals surface area contributed by atoms with Crippen LogP contribution in [-0.2, 0) is 9.53 Å². The monoisotopic (exact) mass is 607 g/mol. The van der Waals surface area contributed by atoms with E-state index < -0.39 is 17.3 Å². The molecule has 0 bridgehead atoms. The number of aliphatic hydroxyl groups is 1. The topological polar surface area (TPSA) is 98.9 Å². The highest BCUT2D eigenvalue weighted by Gasteiger charge is 2.68. The zero-order valence-electron chi connectivity index (χ0n) is 21.4. The van der Waals surface area contributed by atoms with Crippen molar-refractivity contribution in [3.05, 3.63) is 46.6 Å². The lowest BCUT2D eigenvalue weighted by Crippen LogP contribution is -2.68. The van der Waals surface area contributed by atoms with Crippen LogP contribution < -0.4 is 10.4 Å². The van der Waals surface area contributed by atoms with Crippen LogP contribution in [0.2, 0.25) is 0 Å². The number of esters is 1. The van der Waals surface area contributed by atoms with Gasteiger partial charge in [-0.05, 0) is 55.6 Å². The molecule has 3 heterocycles. The van der Waals surface area contributed by atoms with Crippen molar-refractivity contribution in [3.63, 3.8) is 0 Å². The van der Waals surface area contributed by atoms with E-state index in [1.54, 1.807) is 24.5 Å². The highest BCUT2D eigenvalue weighted by atomic mass is 127. The molecule has 0 amide bonds. The number of aliphatic hydroxyl groups excluding tert-OH is 1. The zero-order valence-corrected chi connectivity index (χ0v) is 23.6. The number of pyridine rings is 1. The summed E-state index contributed by atoms with van der Waals surface area (Å²) >= 11 is 2.45. The maximum absolute atomic E-state index is 13.3. The Labute approximate surface area is 225 Å². The van der Waals surface area contributed by atoms with Crippen LogP contribution >= 0.6 is 22.6 Å². The molecule has 0 spiro atoms. The van der Waals surface area contributed by atoms with Gasteiger partial charge in [0, 0.05) is 42.3 Å². The molecule has 194 valence electrons. The van der Waals surface area contributed by atoms with Crippen LogP contribution in [0.25, 0.3) is 11.3 Å². The van der Waals surface area contributed by atoms with Crippen molar-refractivity contribution in [1.29, 1.82) is 0 Å². The fourth-order valence-electron chi connectivity index (χ4n) is 7.52. The second-order valence-corrected chi connectivity index (χ2v) is 13.1. The van der Waals surface area contributed by atoms with Gasteiger partial charge >= 0.3 is 11.6 Å². The number of carbonyl (C=O) groups is 1. The van der Waals surface area contributed by atoms with E-state index in [-0.39, 0.29) is 38.1 Å². The van der Waals surface area contributed by atoms with Gasteiger partial charge in [-0.1, -0.05) is 43.4 Å². The Bertz CT molecular complexity index is 1230. The summed E-state index contributed by atoms with van der Waals surface area (Å²) in [5.41, 5.74) is -0.991. The third-order valence-electron chi connectivity index (χ3n) is 9.65. The van der Waals surface area contributed by atoms with Crippen LogP contribution in [0.3, 0.4) is 0 Å². The SMILES string of the molecule is CC(=O)OC[C@@]1(C)C2C[C@@H](I)[C@@]3(C)Oc4cc(-c5cccnc5)oc(=O)c4[C@H](O)C3[C@@]2(C)CC[C@@H]1C. The predicted octanol–water partition coefficient (Wildman–Crippen LogP) is 5.33. The minimum atomic E-state index is -1.03. The standard InChI is InChI=1S/C28H34INO6/c1-15-8-9-26(3)20(27(15,4)14-34-16(2)31)12-21(29)28(5)24(26)23(32)22-19(36-28)11-18(35-25(22)33)17-7-6-10-30-13-17/h6-7,10-11,13,15,20-21,23-24,32H,8-9,12,14H2,1-5H3/t15-,20?,21+,23-,24?,26-,27+,28+/m0/s1. The van der Waals surface area contributed by atoms with Crippen molar-refractivity contribution in [3.8, 4) is 17.1 Å². The summed E-state index contributed by atoms with van der Waals surface area (Å²) in [6.45, 7) is 10.5. The van der Waals surface area contributed by atoms with Crippen LogP contribution in [0.15, 0.2) is 39.8 Å². The van der Waals surface area contributed by atoms with Crippen LogP contribution in [-0.4, -0.2) is 32.2 Å². The number of carbonyl (C=O) groups excluding carboxylic acids is 1. The normalized spacial score (nSPS) is 39.2. The highest BCUT2D eigenvalue weighted by molar-refractivity contribution is 14.1. The van der Waals surface area contributed by atoms with Crippen molar-refractivity contribution in [2.75, 3.05) is 6.61 Å². The molecule has 0 aromatic carbocycles. The molecular weight excluding hydrogens is 573 g/mol. The number of alkyl halides is 1. The lowest BCUT2D eigenvalue weighted by atomic mass is 9.42. The first-order valence-corrected chi connectivity index (χ1v) is 13.9. The van der Waals surface area contributed by atoms with Crippen LogP contribution in [0.5, 0.6) is 5.75 Å². The molecule has 2 aromatic rings. The number of fused-ring (bicyclic) bond motifs is 4. The fraction of sp³-hybridized carbons (Fsp3) is 0.607. The molecular formula is C28H34INO6. The van der Waals surface area contributed by atoms with Crippen molar-refractivity contribution >= 4 is 28.6 Å². The Hall–Kier alpha value is -1.94. The summed E-state index contributed by atoms with van der Waals surface area (Å²) in [4.78, 5) is 29.1. The average molecular weight is 607 g/mol. The molecule has 1 aliphatic heterocycles.